The standard InChI is InChI=1S/C18H20N2O2S/c1-13(16-10-6-7-11-17(16)21)19-20-18(22)14(2)23-12-15-8-4-3-5-9-15/h3-11,14,21H,12H2,1-2H3,(H,20,22)/b19-13+/t14-/m1/s1. The molecule has 2 aromatic rings. The Morgan fingerprint density at radius 2 is 1.83 bits per heavy atom. The summed E-state index contributed by atoms with van der Waals surface area (Å²) in [4.78, 5) is 12.1. The highest BCUT2D eigenvalue weighted by atomic mass is 32.2. The van der Waals surface area contributed by atoms with Gasteiger partial charge in [-0.2, -0.15) is 5.10 Å². The van der Waals surface area contributed by atoms with Gasteiger partial charge in [0, 0.05) is 11.3 Å². The number of benzene rings is 2. The molecule has 0 aliphatic carbocycles. The highest BCUT2D eigenvalue weighted by Crippen LogP contribution is 2.18. The number of carbonyl (C=O) groups is 1. The molecule has 0 fully saturated rings. The van der Waals surface area contributed by atoms with Gasteiger partial charge >= 0.3 is 0 Å². The molecule has 23 heavy (non-hydrogen) atoms. The fourth-order valence-electron chi connectivity index (χ4n) is 1.94. The van der Waals surface area contributed by atoms with E-state index in [0.717, 1.165) is 5.75 Å². The zero-order chi connectivity index (χ0) is 16.7. The number of amides is 1. The summed E-state index contributed by atoms with van der Waals surface area (Å²) in [5, 5.41) is 13.6. The Kier molecular flexibility index (Phi) is 6.23. The Labute approximate surface area is 140 Å². The lowest BCUT2D eigenvalue weighted by atomic mass is 10.1. The summed E-state index contributed by atoms with van der Waals surface area (Å²) < 4.78 is 0. The average Bonchev–Trinajstić information content (AvgIpc) is 2.58. The molecule has 0 unspecified atom stereocenters. The quantitative estimate of drug-likeness (QED) is 0.629. The molecule has 1 amide bonds. The van der Waals surface area contributed by atoms with Gasteiger partial charge in [-0.1, -0.05) is 42.5 Å². The van der Waals surface area contributed by atoms with Gasteiger partial charge in [0.1, 0.15) is 5.75 Å². The van der Waals surface area contributed by atoms with Crippen LogP contribution < -0.4 is 5.43 Å². The monoisotopic (exact) mass is 328 g/mol. The smallest absolute Gasteiger partial charge is 0.252 e. The second-order valence-electron chi connectivity index (χ2n) is 5.13. The first-order valence-electron chi connectivity index (χ1n) is 7.36. The van der Waals surface area contributed by atoms with E-state index in [1.54, 1.807) is 36.9 Å². The number of phenolic OH excluding ortho intramolecular Hbond substituents is 1. The van der Waals surface area contributed by atoms with Crippen LogP contribution in [0.3, 0.4) is 0 Å². The lowest BCUT2D eigenvalue weighted by molar-refractivity contribution is -0.120. The summed E-state index contributed by atoms with van der Waals surface area (Å²) in [6.45, 7) is 3.60. The third kappa shape index (κ3) is 5.14. The molecule has 0 bridgehead atoms. The first-order valence-corrected chi connectivity index (χ1v) is 8.41. The van der Waals surface area contributed by atoms with Crippen LogP contribution in [0.1, 0.15) is 25.0 Å². The number of phenols is 1. The van der Waals surface area contributed by atoms with Crippen molar-refractivity contribution >= 4 is 23.4 Å². The van der Waals surface area contributed by atoms with Crippen LogP contribution in [-0.2, 0) is 10.5 Å². The first kappa shape index (κ1) is 17.1. The maximum absolute atomic E-state index is 12.1. The highest BCUT2D eigenvalue weighted by Gasteiger charge is 2.13. The number of nitrogens with one attached hydrogen (secondary N) is 1. The predicted molar refractivity (Wildman–Crippen MR) is 95.7 cm³/mol. The molecule has 1 atom stereocenters. The van der Waals surface area contributed by atoms with Crippen LogP contribution in [0.4, 0.5) is 0 Å². The molecule has 0 radical (unpaired) electrons. The highest BCUT2D eigenvalue weighted by molar-refractivity contribution is 7.99. The Morgan fingerprint density at radius 1 is 1.17 bits per heavy atom. The second kappa shape index (κ2) is 8.39. The van der Waals surface area contributed by atoms with Gasteiger partial charge in [0.2, 0.25) is 0 Å². The number of hydrogen-bond acceptors (Lipinski definition) is 4. The van der Waals surface area contributed by atoms with Gasteiger partial charge in [-0.25, -0.2) is 5.43 Å². The van der Waals surface area contributed by atoms with Gasteiger partial charge in [-0.3, -0.25) is 4.79 Å². The minimum atomic E-state index is -0.212. The molecule has 4 nitrogen and oxygen atoms in total. The third-order valence-electron chi connectivity index (χ3n) is 3.34. The molecule has 0 heterocycles. The molecule has 2 aromatic carbocycles. The van der Waals surface area contributed by atoms with E-state index in [-0.39, 0.29) is 16.9 Å². The van der Waals surface area contributed by atoms with Crippen LogP contribution in [0.15, 0.2) is 59.7 Å². The molecular weight excluding hydrogens is 308 g/mol. The van der Waals surface area contributed by atoms with Crippen molar-refractivity contribution < 1.29 is 9.90 Å². The van der Waals surface area contributed by atoms with Crippen molar-refractivity contribution in [3.8, 4) is 5.75 Å². The largest absolute Gasteiger partial charge is 0.507 e. The number of aromatic hydroxyl groups is 1. The molecule has 2 rings (SSSR count). The molecule has 0 aliphatic rings. The van der Waals surface area contributed by atoms with Gasteiger partial charge in [-0.05, 0) is 31.5 Å². The first-order chi connectivity index (χ1) is 11.1. The van der Waals surface area contributed by atoms with Gasteiger partial charge in [-0.15, -0.1) is 11.8 Å². The Balaban J connectivity index is 1.88. The third-order valence-corrected chi connectivity index (χ3v) is 4.55. The maximum Gasteiger partial charge on any atom is 0.252 e. The molecular formula is C18H20N2O2S. The minimum Gasteiger partial charge on any atom is -0.507 e. The molecule has 0 spiro atoms. The fourth-order valence-corrected chi connectivity index (χ4v) is 2.78. The number of carbonyl (C=O) groups excluding carboxylic acids is 1. The van der Waals surface area contributed by atoms with Crippen LogP contribution in [0.5, 0.6) is 5.75 Å². The number of thioether (sulfide) groups is 1. The number of nitrogens with zero attached hydrogens (tertiary/aromatic N) is 1. The predicted octanol–water partition coefficient (Wildman–Crippen LogP) is 3.55. The lowest BCUT2D eigenvalue weighted by Crippen LogP contribution is -2.27. The molecule has 120 valence electrons. The van der Waals surface area contributed by atoms with Crippen LogP contribution in [0.25, 0.3) is 0 Å². The molecule has 0 saturated carbocycles. The van der Waals surface area contributed by atoms with E-state index in [0.29, 0.717) is 11.3 Å². The molecule has 2 N–H and O–H groups in total. The van der Waals surface area contributed by atoms with Crippen LogP contribution in [-0.4, -0.2) is 22.0 Å². The molecule has 0 aliphatic heterocycles. The van der Waals surface area contributed by atoms with E-state index in [1.807, 2.05) is 43.3 Å². The Bertz CT molecular complexity index is 686. The van der Waals surface area contributed by atoms with Crippen molar-refractivity contribution in [1.82, 2.24) is 5.43 Å². The normalized spacial score (nSPS) is 12.7. The summed E-state index contributed by atoms with van der Waals surface area (Å²) >= 11 is 1.56. The van der Waals surface area contributed by atoms with Crippen molar-refractivity contribution in [2.24, 2.45) is 5.10 Å². The topological polar surface area (TPSA) is 61.7 Å². The molecule has 0 saturated heterocycles. The summed E-state index contributed by atoms with van der Waals surface area (Å²) in [6.07, 6.45) is 0. The zero-order valence-electron chi connectivity index (χ0n) is 13.2. The Morgan fingerprint density at radius 3 is 2.52 bits per heavy atom. The summed E-state index contributed by atoms with van der Waals surface area (Å²) in [7, 11) is 0. The lowest BCUT2D eigenvalue weighted by Gasteiger charge is -2.10. The van der Waals surface area contributed by atoms with Crippen molar-refractivity contribution in [2.45, 2.75) is 24.9 Å². The molecule has 5 heteroatoms. The van der Waals surface area contributed by atoms with Gasteiger partial charge in [0.15, 0.2) is 0 Å². The van der Waals surface area contributed by atoms with E-state index in [9.17, 15) is 9.90 Å². The van der Waals surface area contributed by atoms with Crippen molar-refractivity contribution in [2.75, 3.05) is 0 Å². The average molecular weight is 328 g/mol. The van der Waals surface area contributed by atoms with Crippen molar-refractivity contribution in [1.29, 1.82) is 0 Å². The van der Waals surface area contributed by atoms with Crippen molar-refractivity contribution in [3.63, 3.8) is 0 Å². The Hall–Kier alpha value is -2.27. The van der Waals surface area contributed by atoms with E-state index >= 15 is 0 Å². The SMILES string of the molecule is C/C(=N\NC(=O)[C@@H](C)SCc1ccccc1)c1ccccc1O. The van der Waals surface area contributed by atoms with E-state index < -0.39 is 0 Å². The van der Waals surface area contributed by atoms with Crippen LogP contribution >= 0.6 is 11.8 Å². The molecule has 0 aromatic heterocycles. The second-order valence-corrected chi connectivity index (χ2v) is 6.46. The number of para-hydroxylation sites is 1. The fraction of sp³-hybridized carbons (Fsp3) is 0.222. The van der Waals surface area contributed by atoms with Crippen LogP contribution in [0, 0.1) is 0 Å². The van der Waals surface area contributed by atoms with Gasteiger partial charge in [0.05, 0.1) is 11.0 Å². The van der Waals surface area contributed by atoms with E-state index in [2.05, 4.69) is 10.5 Å². The zero-order valence-corrected chi connectivity index (χ0v) is 14.0. The van der Waals surface area contributed by atoms with E-state index in [1.165, 1.54) is 5.56 Å². The van der Waals surface area contributed by atoms with Crippen molar-refractivity contribution in [3.05, 3.63) is 65.7 Å². The van der Waals surface area contributed by atoms with E-state index in [4.69, 9.17) is 0 Å². The maximum atomic E-state index is 12.1. The number of hydrogen-bond donors (Lipinski definition) is 2. The van der Waals surface area contributed by atoms with Gasteiger partial charge in [0.25, 0.3) is 5.91 Å². The van der Waals surface area contributed by atoms with Gasteiger partial charge < -0.3 is 5.11 Å². The number of hydrazone groups is 1. The number of rotatable bonds is 6. The summed E-state index contributed by atoms with van der Waals surface area (Å²) in [5.74, 6) is 0.771. The summed E-state index contributed by atoms with van der Waals surface area (Å²) in [5.41, 5.74) is 4.92. The minimum absolute atomic E-state index is 0.148. The summed E-state index contributed by atoms with van der Waals surface area (Å²) in [6, 6.07) is 16.9. The van der Waals surface area contributed by atoms with Crippen LogP contribution in [0.2, 0.25) is 0 Å².